The summed E-state index contributed by atoms with van der Waals surface area (Å²) in [4.78, 5) is 43.0. The van der Waals surface area contributed by atoms with E-state index >= 15 is 0 Å². The normalized spacial score (nSPS) is 15.9. The van der Waals surface area contributed by atoms with Gasteiger partial charge in [0.05, 0.1) is 6.54 Å². The highest BCUT2D eigenvalue weighted by molar-refractivity contribution is 5.94. The first-order chi connectivity index (χ1) is 11.9. The zero-order valence-electron chi connectivity index (χ0n) is 15.3. The van der Waals surface area contributed by atoms with Gasteiger partial charge in [-0.1, -0.05) is 13.8 Å². The van der Waals surface area contributed by atoms with Crippen LogP contribution in [0.5, 0.6) is 0 Å². The van der Waals surface area contributed by atoms with E-state index in [4.69, 9.17) is 0 Å². The topological polar surface area (TPSA) is 85.5 Å². The maximum atomic E-state index is 12.8. The lowest BCUT2D eigenvalue weighted by molar-refractivity contribution is -0.122. The smallest absolute Gasteiger partial charge is 0.254 e. The molecule has 1 aliphatic rings. The molecule has 0 saturated carbocycles. The minimum atomic E-state index is -0.248. The number of rotatable bonds is 5. The van der Waals surface area contributed by atoms with E-state index in [2.05, 4.69) is 15.2 Å². The Morgan fingerprint density at radius 2 is 1.96 bits per heavy atom. The third-order valence-corrected chi connectivity index (χ3v) is 4.35. The molecule has 2 amide bonds. The number of hydrogen-bond acceptors (Lipinski definition) is 4. The van der Waals surface area contributed by atoms with Gasteiger partial charge in [-0.3, -0.25) is 19.3 Å². The molecule has 0 spiro atoms. The Morgan fingerprint density at radius 3 is 2.64 bits per heavy atom. The van der Waals surface area contributed by atoms with Gasteiger partial charge in [0, 0.05) is 50.0 Å². The SMILES string of the molecule is CCNC(=O)CN1CCCN(C(=O)c2cc(C(C)C)[nH]c(=O)c2)CC1. The summed E-state index contributed by atoms with van der Waals surface area (Å²) in [5.41, 5.74) is 0.954. The zero-order chi connectivity index (χ0) is 18.4. The number of nitrogens with zero attached hydrogens (tertiary/aromatic N) is 2. The maximum absolute atomic E-state index is 12.8. The lowest BCUT2D eigenvalue weighted by atomic mass is 10.1. The molecule has 1 fully saturated rings. The molecule has 25 heavy (non-hydrogen) atoms. The number of carbonyl (C=O) groups excluding carboxylic acids is 2. The summed E-state index contributed by atoms with van der Waals surface area (Å²) < 4.78 is 0. The summed E-state index contributed by atoms with van der Waals surface area (Å²) >= 11 is 0. The van der Waals surface area contributed by atoms with E-state index < -0.39 is 0 Å². The Morgan fingerprint density at radius 1 is 1.20 bits per heavy atom. The zero-order valence-corrected chi connectivity index (χ0v) is 15.3. The molecule has 1 aromatic heterocycles. The van der Waals surface area contributed by atoms with Crippen molar-refractivity contribution in [2.75, 3.05) is 39.3 Å². The van der Waals surface area contributed by atoms with Gasteiger partial charge < -0.3 is 15.2 Å². The van der Waals surface area contributed by atoms with Crippen LogP contribution in [0.1, 0.15) is 49.2 Å². The van der Waals surface area contributed by atoms with Crippen LogP contribution >= 0.6 is 0 Å². The van der Waals surface area contributed by atoms with Crippen LogP contribution < -0.4 is 10.9 Å². The molecule has 0 unspecified atom stereocenters. The van der Waals surface area contributed by atoms with E-state index in [1.807, 2.05) is 20.8 Å². The molecule has 1 aliphatic heterocycles. The first kappa shape index (κ1) is 19.2. The summed E-state index contributed by atoms with van der Waals surface area (Å²) in [6.45, 7) is 9.46. The minimum absolute atomic E-state index is 0.0124. The molecule has 1 aromatic rings. The van der Waals surface area contributed by atoms with Gasteiger partial charge >= 0.3 is 0 Å². The number of nitrogens with one attached hydrogen (secondary N) is 2. The van der Waals surface area contributed by atoms with Crippen molar-refractivity contribution in [2.45, 2.75) is 33.1 Å². The summed E-state index contributed by atoms with van der Waals surface area (Å²) in [5, 5.41) is 2.80. The van der Waals surface area contributed by atoms with Crippen LogP contribution in [-0.4, -0.2) is 65.9 Å². The van der Waals surface area contributed by atoms with Crippen LogP contribution in [0.15, 0.2) is 16.9 Å². The number of carbonyl (C=O) groups is 2. The predicted octanol–water partition coefficient (Wildman–Crippen LogP) is 0.782. The number of likely N-dealkylation sites (N-methyl/N-ethyl adjacent to an activating group) is 1. The second kappa shape index (κ2) is 8.80. The molecule has 7 heteroatoms. The average Bonchev–Trinajstić information content (AvgIpc) is 2.79. The van der Waals surface area contributed by atoms with E-state index in [9.17, 15) is 14.4 Å². The fraction of sp³-hybridized carbons (Fsp3) is 0.611. The standard InChI is InChI=1S/C18H28N4O3/c1-4-19-17(24)12-21-6-5-7-22(9-8-21)18(25)14-10-15(13(2)3)20-16(23)11-14/h10-11,13H,4-9,12H2,1-3H3,(H,19,24)(H,20,23). The second-order valence-corrected chi connectivity index (χ2v) is 6.72. The Balaban J connectivity index is 2.03. The Labute approximate surface area is 148 Å². The lowest BCUT2D eigenvalue weighted by Crippen LogP contribution is -2.40. The number of amides is 2. The van der Waals surface area contributed by atoms with Crippen molar-refractivity contribution in [2.24, 2.45) is 0 Å². The fourth-order valence-electron chi connectivity index (χ4n) is 2.97. The van der Waals surface area contributed by atoms with Crippen molar-refractivity contribution >= 4 is 11.8 Å². The van der Waals surface area contributed by atoms with E-state index in [0.717, 1.165) is 18.7 Å². The Kier molecular flexibility index (Phi) is 6.75. The van der Waals surface area contributed by atoms with Crippen LogP contribution in [0.2, 0.25) is 0 Å². The van der Waals surface area contributed by atoms with Crippen LogP contribution in [0.4, 0.5) is 0 Å². The predicted molar refractivity (Wildman–Crippen MR) is 96.8 cm³/mol. The average molecular weight is 348 g/mol. The van der Waals surface area contributed by atoms with Crippen LogP contribution in [0, 0.1) is 0 Å². The summed E-state index contributed by atoms with van der Waals surface area (Å²) in [7, 11) is 0. The molecule has 1 saturated heterocycles. The maximum Gasteiger partial charge on any atom is 0.254 e. The van der Waals surface area contributed by atoms with Crippen molar-refractivity contribution in [3.05, 3.63) is 33.7 Å². The van der Waals surface area contributed by atoms with Gasteiger partial charge in [-0.25, -0.2) is 0 Å². The molecule has 0 atom stereocenters. The number of hydrogen-bond donors (Lipinski definition) is 2. The quantitative estimate of drug-likeness (QED) is 0.823. The van der Waals surface area contributed by atoms with Crippen molar-refractivity contribution in [3.63, 3.8) is 0 Å². The summed E-state index contributed by atoms with van der Waals surface area (Å²) in [5.74, 6) is 0.0449. The van der Waals surface area contributed by atoms with Crippen molar-refractivity contribution in [1.82, 2.24) is 20.1 Å². The molecular weight excluding hydrogens is 320 g/mol. The molecule has 2 heterocycles. The van der Waals surface area contributed by atoms with E-state index in [1.54, 1.807) is 11.0 Å². The van der Waals surface area contributed by atoms with Gasteiger partial charge in [0.15, 0.2) is 0 Å². The van der Waals surface area contributed by atoms with Crippen LogP contribution in [-0.2, 0) is 4.79 Å². The van der Waals surface area contributed by atoms with Gasteiger partial charge in [0.2, 0.25) is 11.5 Å². The molecule has 0 radical (unpaired) electrons. The van der Waals surface area contributed by atoms with E-state index in [0.29, 0.717) is 38.3 Å². The fourth-order valence-corrected chi connectivity index (χ4v) is 2.97. The monoisotopic (exact) mass is 348 g/mol. The Hall–Kier alpha value is -2.15. The molecule has 0 aliphatic carbocycles. The van der Waals surface area contributed by atoms with Gasteiger partial charge in [0.1, 0.15) is 0 Å². The van der Waals surface area contributed by atoms with E-state index in [-0.39, 0.29) is 23.3 Å². The molecule has 7 nitrogen and oxygen atoms in total. The molecule has 0 bridgehead atoms. The largest absolute Gasteiger partial charge is 0.355 e. The number of aromatic amines is 1. The number of H-pyrrole nitrogens is 1. The van der Waals surface area contributed by atoms with E-state index in [1.165, 1.54) is 6.07 Å². The second-order valence-electron chi connectivity index (χ2n) is 6.72. The summed E-state index contributed by atoms with van der Waals surface area (Å²) in [6, 6.07) is 3.14. The third-order valence-electron chi connectivity index (χ3n) is 4.35. The highest BCUT2D eigenvalue weighted by atomic mass is 16.2. The third kappa shape index (κ3) is 5.42. The molecule has 2 N–H and O–H groups in total. The Bertz CT molecular complexity index is 669. The molecule has 2 rings (SSSR count). The molecular formula is C18H28N4O3. The van der Waals surface area contributed by atoms with Crippen LogP contribution in [0.25, 0.3) is 0 Å². The highest BCUT2D eigenvalue weighted by Crippen LogP contribution is 2.13. The van der Waals surface area contributed by atoms with Gasteiger partial charge in [0.25, 0.3) is 5.91 Å². The molecule has 138 valence electrons. The highest BCUT2D eigenvalue weighted by Gasteiger charge is 2.22. The van der Waals surface area contributed by atoms with Crippen LogP contribution in [0.3, 0.4) is 0 Å². The lowest BCUT2D eigenvalue weighted by Gasteiger charge is -2.22. The van der Waals surface area contributed by atoms with Gasteiger partial charge in [-0.2, -0.15) is 0 Å². The minimum Gasteiger partial charge on any atom is -0.355 e. The van der Waals surface area contributed by atoms with Gasteiger partial charge in [-0.05, 0) is 25.3 Å². The molecule has 0 aromatic carbocycles. The number of pyridine rings is 1. The van der Waals surface area contributed by atoms with Gasteiger partial charge in [-0.15, -0.1) is 0 Å². The first-order valence-electron chi connectivity index (χ1n) is 8.93. The first-order valence-corrected chi connectivity index (χ1v) is 8.93. The van der Waals surface area contributed by atoms with Crippen molar-refractivity contribution < 1.29 is 9.59 Å². The number of aromatic nitrogens is 1. The van der Waals surface area contributed by atoms with Crippen molar-refractivity contribution in [3.8, 4) is 0 Å². The van der Waals surface area contributed by atoms with Crippen molar-refractivity contribution in [1.29, 1.82) is 0 Å². The summed E-state index contributed by atoms with van der Waals surface area (Å²) in [6.07, 6.45) is 0.811.